The lowest BCUT2D eigenvalue weighted by atomic mass is 9.94. The molecule has 0 aliphatic carbocycles. The molecular weight excluding hydrogens is 396 g/mol. The lowest BCUT2D eigenvalue weighted by Crippen LogP contribution is -2.51. The summed E-state index contributed by atoms with van der Waals surface area (Å²) < 4.78 is 1.99. The van der Waals surface area contributed by atoms with Crippen LogP contribution in [0, 0.1) is 5.92 Å². The Morgan fingerprint density at radius 3 is 2.37 bits per heavy atom. The molecule has 3 saturated heterocycles. The molecule has 5 rings (SSSR count). The molecule has 1 amide bonds. The predicted octanol–water partition coefficient (Wildman–Crippen LogP) is 3.02. The van der Waals surface area contributed by atoms with Crippen molar-refractivity contribution in [1.29, 1.82) is 0 Å². The number of carbonyl (C=O) groups is 1. The summed E-state index contributed by atoms with van der Waals surface area (Å²) in [6, 6.07) is 4.67. The van der Waals surface area contributed by atoms with Crippen molar-refractivity contribution in [1.82, 2.24) is 24.6 Å². The molecule has 2 aromatic rings. The first kappa shape index (κ1) is 20.0. The first-order chi connectivity index (χ1) is 14.8. The highest BCUT2D eigenvalue weighted by atomic mass is 32.1. The average Bonchev–Trinajstić information content (AvgIpc) is 3.52. The number of piperidine rings is 3. The Hall–Kier alpha value is -1.93. The van der Waals surface area contributed by atoms with Crippen molar-refractivity contribution >= 4 is 22.4 Å². The molecule has 162 valence electrons. The molecule has 1 atom stereocenters. The topological polar surface area (TPSA) is 57.5 Å². The zero-order valence-electron chi connectivity index (χ0n) is 17.7. The molecule has 0 radical (unpaired) electrons. The largest absolute Gasteiger partial charge is 0.346 e. The minimum absolute atomic E-state index is 0.0872. The number of amides is 1. The first-order valence-corrected chi connectivity index (χ1v) is 12.3. The number of hydrogen-bond acceptors (Lipinski definition) is 6. The second-order valence-corrected chi connectivity index (χ2v) is 9.83. The molecule has 0 saturated carbocycles. The summed E-state index contributed by atoms with van der Waals surface area (Å²) >= 11 is 1.60. The van der Waals surface area contributed by atoms with E-state index in [0.717, 1.165) is 62.1 Å². The number of carbonyl (C=O) groups excluding carboxylic acids is 1. The van der Waals surface area contributed by atoms with Crippen molar-refractivity contribution in [2.45, 2.75) is 51.0 Å². The number of hydrogen-bond donors (Lipinski definition) is 0. The van der Waals surface area contributed by atoms with E-state index in [2.05, 4.69) is 24.9 Å². The predicted molar refractivity (Wildman–Crippen MR) is 119 cm³/mol. The molecule has 2 aromatic heterocycles. The molecule has 7 nitrogen and oxygen atoms in total. The van der Waals surface area contributed by atoms with E-state index >= 15 is 0 Å². The number of anilines is 1. The Kier molecular flexibility index (Phi) is 6.04. The molecule has 3 aliphatic heterocycles. The van der Waals surface area contributed by atoms with Crippen molar-refractivity contribution in [2.24, 2.45) is 5.92 Å². The molecule has 0 spiro atoms. The fourth-order valence-electron chi connectivity index (χ4n) is 5.25. The molecular formula is C22H32N6OS. The summed E-state index contributed by atoms with van der Waals surface area (Å²) in [5.41, 5.74) is 0. The number of likely N-dealkylation sites (tertiary alicyclic amines) is 2. The van der Waals surface area contributed by atoms with Crippen LogP contribution in [-0.2, 0) is 4.79 Å². The van der Waals surface area contributed by atoms with E-state index in [0.29, 0.717) is 11.9 Å². The molecule has 0 N–H and O–H groups in total. The molecule has 3 fully saturated rings. The summed E-state index contributed by atoms with van der Waals surface area (Å²) in [5.74, 6) is 0.441. The van der Waals surface area contributed by atoms with Crippen LogP contribution >= 0.6 is 11.3 Å². The fourth-order valence-corrected chi connectivity index (χ4v) is 6.10. The van der Waals surface area contributed by atoms with Gasteiger partial charge in [-0.15, -0.1) is 10.2 Å². The molecule has 8 heteroatoms. The van der Waals surface area contributed by atoms with E-state index in [4.69, 9.17) is 0 Å². The van der Waals surface area contributed by atoms with Crippen LogP contribution in [0.25, 0.3) is 5.13 Å². The van der Waals surface area contributed by atoms with Crippen LogP contribution < -0.4 is 4.90 Å². The van der Waals surface area contributed by atoms with Gasteiger partial charge in [0.15, 0.2) is 0 Å². The Morgan fingerprint density at radius 2 is 1.60 bits per heavy atom. The Bertz CT molecular complexity index is 823. The third-order valence-corrected chi connectivity index (χ3v) is 7.95. The van der Waals surface area contributed by atoms with E-state index in [1.807, 2.05) is 29.1 Å². The summed E-state index contributed by atoms with van der Waals surface area (Å²) in [7, 11) is 0. The minimum atomic E-state index is 0.0872. The maximum atomic E-state index is 13.3. The van der Waals surface area contributed by atoms with Gasteiger partial charge in [-0.2, -0.15) is 0 Å². The van der Waals surface area contributed by atoms with Crippen LogP contribution in [-0.4, -0.2) is 75.8 Å². The molecule has 1 unspecified atom stereocenters. The van der Waals surface area contributed by atoms with Gasteiger partial charge in [0.2, 0.25) is 16.2 Å². The normalized spacial score (nSPS) is 24.3. The van der Waals surface area contributed by atoms with E-state index in [9.17, 15) is 4.79 Å². The van der Waals surface area contributed by atoms with E-state index in [1.165, 1.54) is 32.4 Å². The highest BCUT2D eigenvalue weighted by Gasteiger charge is 2.33. The van der Waals surface area contributed by atoms with Crippen LogP contribution in [0.15, 0.2) is 24.5 Å². The van der Waals surface area contributed by atoms with Crippen molar-refractivity contribution < 1.29 is 4.79 Å². The van der Waals surface area contributed by atoms with Crippen LogP contribution in [0.3, 0.4) is 0 Å². The minimum Gasteiger partial charge on any atom is -0.346 e. The van der Waals surface area contributed by atoms with Crippen molar-refractivity contribution in [3.63, 3.8) is 0 Å². The second-order valence-electron chi connectivity index (χ2n) is 8.90. The van der Waals surface area contributed by atoms with Crippen LogP contribution in [0.2, 0.25) is 0 Å². The second kappa shape index (κ2) is 9.06. The first-order valence-electron chi connectivity index (χ1n) is 11.5. The maximum absolute atomic E-state index is 13.3. The van der Waals surface area contributed by atoms with Crippen molar-refractivity contribution in [3.05, 3.63) is 24.5 Å². The SMILES string of the molecule is O=C(C1CCCN(c2nnc(-n3cccc3)s2)C1)N1CCC(N2CCCCC2)CC1. The van der Waals surface area contributed by atoms with Gasteiger partial charge in [-0.1, -0.05) is 17.8 Å². The van der Waals surface area contributed by atoms with Gasteiger partial charge in [-0.25, -0.2) is 0 Å². The van der Waals surface area contributed by atoms with Crippen LogP contribution in [0.4, 0.5) is 5.13 Å². The molecule has 0 aromatic carbocycles. The van der Waals surface area contributed by atoms with E-state index in [1.54, 1.807) is 11.3 Å². The Morgan fingerprint density at radius 1 is 0.867 bits per heavy atom. The van der Waals surface area contributed by atoms with Gasteiger partial charge in [0, 0.05) is 44.6 Å². The summed E-state index contributed by atoms with van der Waals surface area (Å²) in [6.45, 7) is 6.08. The molecule has 0 bridgehead atoms. The monoisotopic (exact) mass is 428 g/mol. The smallest absolute Gasteiger partial charge is 0.227 e. The van der Waals surface area contributed by atoms with Gasteiger partial charge in [0.05, 0.1) is 5.92 Å². The zero-order valence-corrected chi connectivity index (χ0v) is 18.5. The van der Waals surface area contributed by atoms with Crippen LogP contribution in [0.5, 0.6) is 0 Å². The van der Waals surface area contributed by atoms with Gasteiger partial charge in [-0.3, -0.25) is 9.36 Å². The molecule has 3 aliphatic rings. The fraction of sp³-hybridized carbons (Fsp3) is 0.682. The van der Waals surface area contributed by atoms with E-state index in [-0.39, 0.29) is 5.92 Å². The molecule has 30 heavy (non-hydrogen) atoms. The Balaban J connectivity index is 1.17. The summed E-state index contributed by atoms with van der Waals surface area (Å²) in [5, 5.41) is 10.6. The van der Waals surface area contributed by atoms with Gasteiger partial charge < -0.3 is 14.7 Å². The average molecular weight is 429 g/mol. The third kappa shape index (κ3) is 4.25. The third-order valence-electron chi connectivity index (χ3n) is 6.95. The quantitative estimate of drug-likeness (QED) is 0.749. The van der Waals surface area contributed by atoms with Crippen molar-refractivity contribution in [3.8, 4) is 5.13 Å². The summed E-state index contributed by atoms with van der Waals surface area (Å²) in [6.07, 6.45) is 12.3. The Labute approximate surface area is 182 Å². The van der Waals surface area contributed by atoms with Crippen molar-refractivity contribution in [2.75, 3.05) is 44.2 Å². The lowest BCUT2D eigenvalue weighted by molar-refractivity contribution is -0.137. The van der Waals surface area contributed by atoms with Gasteiger partial charge in [0.25, 0.3) is 0 Å². The van der Waals surface area contributed by atoms with Gasteiger partial charge in [-0.05, 0) is 63.7 Å². The highest BCUT2D eigenvalue weighted by molar-refractivity contribution is 7.17. The van der Waals surface area contributed by atoms with E-state index < -0.39 is 0 Å². The standard InChI is InChI=1S/C22H32N6OS/c29-20(26-15-8-19(9-16-26)25-10-2-1-3-11-25)18-7-6-14-28(17-18)22-24-23-21(30-22)27-12-4-5-13-27/h4-5,12-13,18-19H,1-3,6-11,14-17H2. The number of rotatable bonds is 4. The zero-order chi connectivity index (χ0) is 20.3. The summed E-state index contributed by atoms with van der Waals surface area (Å²) in [4.78, 5) is 20.3. The van der Waals surface area contributed by atoms with Gasteiger partial charge >= 0.3 is 0 Å². The number of aromatic nitrogens is 3. The number of nitrogens with zero attached hydrogens (tertiary/aromatic N) is 6. The van der Waals surface area contributed by atoms with Gasteiger partial charge in [0.1, 0.15) is 0 Å². The lowest BCUT2D eigenvalue weighted by Gasteiger charge is -2.42. The maximum Gasteiger partial charge on any atom is 0.227 e. The highest BCUT2D eigenvalue weighted by Crippen LogP contribution is 2.29. The molecule has 5 heterocycles. The van der Waals surface area contributed by atoms with Crippen LogP contribution in [0.1, 0.15) is 44.9 Å².